The first-order valence-corrected chi connectivity index (χ1v) is 5.12. The van der Waals surface area contributed by atoms with Crippen molar-refractivity contribution in [1.29, 1.82) is 0 Å². The largest absolute Gasteiger partial charge is 0.481 e. The molecule has 0 unspecified atom stereocenters. The van der Waals surface area contributed by atoms with Crippen molar-refractivity contribution in [3.05, 3.63) is 35.9 Å². The second kappa shape index (κ2) is 5.51. The fourth-order valence-corrected chi connectivity index (χ4v) is 1.68. The number of benzene rings is 1. The molecule has 0 aliphatic carbocycles. The minimum Gasteiger partial charge on any atom is -0.481 e. The molecule has 0 spiro atoms. The number of aliphatic carboxylic acids is 1. The van der Waals surface area contributed by atoms with E-state index in [0.29, 0.717) is 12.3 Å². The van der Waals surface area contributed by atoms with E-state index in [1.54, 1.807) is 0 Å². The fourth-order valence-electron chi connectivity index (χ4n) is 1.68. The van der Waals surface area contributed by atoms with Crippen molar-refractivity contribution in [2.75, 3.05) is 0 Å². The van der Waals surface area contributed by atoms with E-state index < -0.39 is 5.97 Å². The molecular weight excluding hydrogens is 190 g/mol. The number of carboxylic acid groups (broad SMARTS) is 1. The maximum absolute atomic E-state index is 10.4. The van der Waals surface area contributed by atoms with Crippen LogP contribution in [-0.4, -0.2) is 17.1 Å². The van der Waals surface area contributed by atoms with Gasteiger partial charge in [0, 0.05) is 6.04 Å². The minimum atomic E-state index is -0.831. The number of hydrogen-bond donors (Lipinski definition) is 2. The first kappa shape index (κ1) is 11.7. The van der Waals surface area contributed by atoms with E-state index in [4.69, 9.17) is 10.8 Å². The van der Waals surface area contributed by atoms with Crippen LogP contribution in [0.5, 0.6) is 0 Å². The van der Waals surface area contributed by atoms with Gasteiger partial charge in [-0.2, -0.15) is 0 Å². The lowest BCUT2D eigenvalue weighted by atomic mass is 9.93. The highest BCUT2D eigenvalue weighted by atomic mass is 16.4. The van der Waals surface area contributed by atoms with Gasteiger partial charge in [0.2, 0.25) is 0 Å². The Morgan fingerprint density at radius 1 is 1.40 bits per heavy atom. The van der Waals surface area contributed by atoms with Crippen LogP contribution >= 0.6 is 0 Å². The van der Waals surface area contributed by atoms with E-state index in [-0.39, 0.29) is 12.5 Å². The summed E-state index contributed by atoms with van der Waals surface area (Å²) in [6, 6.07) is 9.74. The second-order valence-corrected chi connectivity index (χ2v) is 3.91. The zero-order chi connectivity index (χ0) is 11.3. The van der Waals surface area contributed by atoms with Crippen LogP contribution in [0.4, 0.5) is 0 Å². The van der Waals surface area contributed by atoms with E-state index in [0.717, 1.165) is 0 Å². The highest BCUT2D eigenvalue weighted by Crippen LogP contribution is 2.20. The summed E-state index contributed by atoms with van der Waals surface area (Å²) in [6.07, 6.45) is 0.744. The van der Waals surface area contributed by atoms with Crippen LogP contribution in [0.3, 0.4) is 0 Å². The number of hydrogen-bond acceptors (Lipinski definition) is 2. The molecule has 1 aromatic carbocycles. The number of rotatable bonds is 5. The first-order chi connectivity index (χ1) is 7.09. The topological polar surface area (TPSA) is 63.3 Å². The van der Waals surface area contributed by atoms with E-state index in [1.807, 2.05) is 30.3 Å². The van der Waals surface area contributed by atoms with Gasteiger partial charge in [0.15, 0.2) is 0 Å². The molecule has 0 saturated carbocycles. The summed E-state index contributed by atoms with van der Waals surface area (Å²) in [6.45, 7) is 2.07. The molecule has 15 heavy (non-hydrogen) atoms. The molecule has 0 heterocycles. The maximum Gasteiger partial charge on any atom is 0.304 e. The molecule has 2 atom stereocenters. The van der Waals surface area contributed by atoms with Gasteiger partial charge in [0.25, 0.3) is 0 Å². The first-order valence-electron chi connectivity index (χ1n) is 5.12. The normalized spacial score (nSPS) is 14.5. The summed E-state index contributed by atoms with van der Waals surface area (Å²) in [5.41, 5.74) is 6.94. The number of carbonyl (C=O) groups is 1. The molecule has 0 aliphatic rings. The Hall–Kier alpha value is -1.35. The van der Waals surface area contributed by atoms with Crippen LogP contribution in [0, 0.1) is 0 Å². The predicted octanol–water partition coefficient (Wildman–Crippen LogP) is 1.98. The van der Waals surface area contributed by atoms with Gasteiger partial charge in [-0.05, 0) is 17.9 Å². The predicted molar refractivity (Wildman–Crippen MR) is 59.7 cm³/mol. The van der Waals surface area contributed by atoms with Crippen LogP contribution in [0.1, 0.15) is 31.2 Å². The van der Waals surface area contributed by atoms with Gasteiger partial charge in [-0.25, -0.2) is 0 Å². The van der Waals surface area contributed by atoms with E-state index in [1.165, 1.54) is 5.56 Å². The van der Waals surface area contributed by atoms with Crippen molar-refractivity contribution in [2.45, 2.75) is 31.7 Å². The molecule has 3 N–H and O–H groups in total. The molecule has 82 valence electrons. The Morgan fingerprint density at radius 2 is 2.00 bits per heavy atom. The van der Waals surface area contributed by atoms with E-state index in [9.17, 15) is 4.79 Å². The molecule has 0 radical (unpaired) electrons. The van der Waals surface area contributed by atoms with Crippen molar-refractivity contribution in [3.8, 4) is 0 Å². The molecule has 0 aliphatic heterocycles. The Kier molecular flexibility index (Phi) is 4.31. The lowest BCUT2D eigenvalue weighted by Gasteiger charge is -2.15. The molecule has 0 aromatic heterocycles. The molecule has 1 aromatic rings. The van der Waals surface area contributed by atoms with Crippen LogP contribution in [0.2, 0.25) is 0 Å². The van der Waals surface area contributed by atoms with Crippen molar-refractivity contribution >= 4 is 5.97 Å². The maximum atomic E-state index is 10.4. The average molecular weight is 207 g/mol. The van der Waals surface area contributed by atoms with Gasteiger partial charge in [0.05, 0.1) is 6.42 Å². The van der Waals surface area contributed by atoms with Gasteiger partial charge in [-0.1, -0.05) is 37.3 Å². The van der Waals surface area contributed by atoms with Gasteiger partial charge in [-0.3, -0.25) is 4.79 Å². The fraction of sp³-hybridized carbons (Fsp3) is 0.417. The summed E-state index contributed by atoms with van der Waals surface area (Å²) in [5.74, 6) is -0.525. The van der Waals surface area contributed by atoms with Gasteiger partial charge in [-0.15, -0.1) is 0 Å². The zero-order valence-electron chi connectivity index (χ0n) is 8.89. The van der Waals surface area contributed by atoms with Crippen molar-refractivity contribution in [2.24, 2.45) is 5.73 Å². The van der Waals surface area contributed by atoms with Crippen LogP contribution < -0.4 is 5.73 Å². The minimum absolute atomic E-state index is 0.0389. The summed E-state index contributed by atoms with van der Waals surface area (Å²) >= 11 is 0. The Bertz CT molecular complexity index is 311. The van der Waals surface area contributed by atoms with E-state index >= 15 is 0 Å². The smallest absolute Gasteiger partial charge is 0.304 e. The zero-order valence-corrected chi connectivity index (χ0v) is 8.89. The number of nitrogens with two attached hydrogens (primary N) is 1. The molecule has 0 saturated heterocycles. The molecule has 1 rings (SSSR count). The Labute approximate surface area is 89.9 Å². The Morgan fingerprint density at radius 3 is 2.53 bits per heavy atom. The lowest BCUT2D eigenvalue weighted by Crippen LogP contribution is -2.25. The highest BCUT2D eigenvalue weighted by Gasteiger charge is 2.13. The third-order valence-corrected chi connectivity index (χ3v) is 2.46. The highest BCUT2D eigenvalue weighted by molar-refractivity contribution is 5.67. The van der Waals surface area contributed by atoms with E-state index in [2.05, 4.69) is 6.92 Å². The molecule has 3 nitrogen and oxygen atoms in total. The Balaban J connectivity index is 2.49. The monoisotopic (exact) mass is 207 g/mol. The lowest BCUT2D eigenvalue weighted by molar-refractivity contribution is -0.137. The standard InChI is InChI=1S/C12H17NO2/c1-9(7-11(13)8-12(14)15)10-5-3-2-4-6-10/h2-6,9,11H,7-8,13H2,1H3,(H,14,15)/t9-,11-/m1/s1. The molecular formula is C12H17NO2. The van der Waals surface area contributed by atoms with Gasteiger partial charge >= 0.3 is 5.97 Å². The molecule has 0 fully saturated rings. The summed E-state index contributed by atoms with van der Waals surface area (Å²) in [5, 5.41) is 8.59. The van der Waals surface area contributed by atoms with Crippen molar-refractivity contribution < 1.29 is 9.90 Å². The van der Waals surface area contributed by atoms with Crippen LogP contribution in [0.15, 0.2) is 30.3 Å². The SMILES string of the molecule is C[C@H](C[C@@H](N)CC(=O)O)c1ccccc1. The quantitative estimate of drug-likeness (QED) is 0.776. The van der Waals surface area contributed by atoms with Crippen LogP contribution in [-0.2, 0) is 4.79 Å². The van der Waals surface area contributed by atoms with Gasteiger partial charge < -0.3 is 10.8 Å². The summed E-state index contributed by atoms with van der Waals surface area (Å²) in [7, 11) is 0. The third kappa shape index (κ3) is 4.13. The summed E-state index contributed by atoms with van der Waals surface area (Å²) < 4.78 is 0. The molecule has 0 amide bonds. The van der Waals surface area contributed by atoms with Crippen LogP contribution in [0.25, 0.3) is 0 Å². The molecule has 3 heteroatoms. The third-order valence-electron chi connectivity index (χ3n) is 2.46. The average Bonchev–Trinajstić information content (AvgIpc) is 2.17. The number of carboxylic acids is 1. The second-order valence-electron chi connectivity index (χ2n) is 3.91. The molecule has 0 bridgehead atoms. The van der Waals surface area contributed by atoms with Crippen molar-refractivity contribution in [1.82, 2.24) is 0 Å². The van der Waals surface area contributed by atoms with Crippen molar-refractivity contribution in [3.63, 3.8) is 0 Å². The summed E-state index contributed by atoms with van der Waals surface area (Å²) in [4.78, 5) is 10.4. The van der Waals surface area contributed by atoms with Gasteiger partial charge in [0.1, 0.15) is 0 Å².